The van der Waals surface area contributed by atoms with Crippen molar-refractivity contribution in [3.63, 3.8) is 0 Å². The third-order valence-electron chi connectivity index (χ3n) is 6.45. The Morgan fingerprint density at radius 2 is 1.71 bits per heavy atom. The highest BCUT2D eigenvalue weighted by Crippen LogP contribution is 2.29. The molecule has 0 fully saturated rings. The second kappa shape index (κ2) is 13.1. The van der Waals surface area contributed by atoms with Gasteiger partial charge in [0.1, 0.15) is 12.4 Å². The number of carbonyl (C=O) groups is 1. The highest BCUT2D eigenvalue weighted by Gasteiger charge is 2.13. The molecule has 0 spiro atoms. The number of ether oxygens (including phenoxy) is 1. The van der Waals surface area contributed by atoms with Gasteiger partial charge in [0, 0.05) is 31.6 Å². The Morgan fingerprint density at radius 1 is 0.976 bits per heavy atom. The number of amides is 1. The van der Waals surface area contributed by atoms with E-state index in [2.05, 4.69) is 97.5 Å². The number of rotatable bonds is 8. The van der Waals surface area contributed by atoms with Crippen LogP contribution in [0.25, 0.3) is 16.9 Å². The number of aromatic nitrogens is 1. The van der Waals surface area contributed by atoms with Crippen LogP contribution in [0.4, 0.5) is 0 Å². The Bertz CT molecular complexity index is 1770. The molecule has 41 heavy (non-hydrogen) atoms. The first-order valence-electron chi connectivity index (χ1n) is 12.7. The van der Waals surface area contributed by atoms with Crippen LogP contribution in [-0.4, -0.2) is 16.7 Å². The Labute approximate surface area is 266 Å². The summed E-state index contributed by atoms with van der Waals surface area (Å²) in [6, 6.07) is 35.4. The zero-order valence-corrected chi connectivity index (χ0v) is 26.3. The summed E-state index contributed by atoms with van der Waals surface area (Å²) in [6.07, 6.45) is 1.58. The third kappa shape index (κ3) is 6.69. The number of nitriles is 1. The Hall–Kier alpha value is -3.95. The van der Waals surface area contributed by atoms with Crippen LogP contribution >= 0.6 is 45.2 Å². The lowest BCUT2D eigenvalue weighted by Crippen LogP contribution is -2.17. The minimum Gasteiger partial charge on any atom is -0.487 e. The number of benzene rings is 4. The van der Waals surface area contributed by atoms with Crippen molar-refractivity contribution >= 4 is 57.3 Å². The average Bonchev–Trinajstić information content (AvgIpc) is 3.38. The fourth-order valence-corrected chi connectivity index (χ4v) is 6.48. The molecule has 4 aromatic carbocycles. The molecule has 0 unspecified atom stereocenters. The summed E-state index contributed by atoms with van der Waals surface area (Å²) in [5.74, 6) is 0.323. The molecule has 6 nitrogen and oxygen atoms in total. The monoisotopic (exact) mass is 762 g/mol. The highest BCUT2D eigenvalue weighted by molar-refractivity contribution is 14.1. The lowest BCUT2D eigenvalue weighted by Gasteiger charge is -2.13. The summed E-state index contributed by atoms with van der Waals surface area (Å²) >= 11 is 4.45. The van der Waals surface area contributed by atoms with Crippen LogP contribution in [0.15, 0.2) is 108 Å². The fourth-order valence-electron chi connectivity index (χ4n) is 4.44. The van der Waals surface area contributed by atoms with Crippen molar-refractivity contribution in [1.29, 1.82) is 5.26 Å². The van der Waals surface area contributed by atoms with Crippen LogP contribution in [0.5, 0.6) is 5.75 Å². The molecule has 202 valence electrons. The van der Waals surface area contributed by atoms with Crippen LogP contribution in [0, 0.1) is 25.4 Å². The molecule has 0 radical (unpaired) electrons. The van der Waals surface area contributed by atoms with Crippen molar-refractivity contribution in [2.24, 2.45) is 5.10 Å². The first-order chi connectivity index (χ1) is 19.9. The van der Waals surface area contributed by atoms with E-state index in [1.807, 2.05) is 60.7 Å². The molecular formula is C33H24I2N4O2. The summed E-state index contributed by atoms with van der Waals surface area (Å²) in [5, 5.41) is 13.6. The zero-order chi connectivity index (χ0) is 28.8. The van der Waals surface area contributed by atoms with Gasteiger partial charge >= 0.3 is 0 Å². The van der Waals surface area contributed by atoms with Crippen LogP contribution in [0.2, 0.25) is 0 Å². The van der Waals surface area contributed by atoms with E-state index in [1.165, 1.54) is 0 Å². The van der Waals surface area contributed by atoms with Crippen molar-refractivity contribution < 1.29 is 9.53 Å². The summed E-state index contributed by atoms with van der Waals surface area (Å²) < 4.78 is 10.2. The molecule has 0 saturated heterocycles. The standard InChI is InChI=1S/C33H24I2N4O2/c1-22-11-16-31(23-7-3-2-4-8-23)39(22)29-14-12-24(13-15-29)33(40)38-37-20-27-17-28(34)18-30(35)32(27)41-21-26-10-6-5-9-25(26)19-36/h2-18,20H,21H2,1H3,(H,38,40)/b37-20+. The minimum atomic E-state index is -0.314. The molecule has 0 saturated carbocycles. The van der Waals surface area contributed by atoms with E-state index in [0.717, 1.165) is 40.9 Å². The molecule has 5 rings (SSSR count). The van der Waals surface area contributed by atoms with E-state index < -0.39 is 0 Å². The van der Waals surface area contributed by atoms with Crippen LogP contribution < -0.4 is 10.2 Å². The van der Waals surface area contributed by atoms with Crippen molar-refractivity contribution in [2.45, 2.75) is 13.5 Å². The van der Waals surface area contributed by atoms with Gasteiger partial charge in [-0.25, -0.2) is 5.43 Å². The number of hydrogen-bond donors (Lipinski definition) is 1. The highest BCUT2D eigenvalue weighted by atomic mass is 127. The van der Waals surface area contributed by atoms with E-state index in [1.54, 1.807) is 24.4 Å². The molecule has 8 heteroatoms. The number of halogens is 2. The van der Waals surface area contributed by atoms with Gasteiger partial charge in [0.2, 0.25) is 0 Å². The van der Waals surface area contributed by atoms with Gasteiger partial charge in [0.15, 0.2) is 0 Å². The van der Waals surface area contributed by atoms with Crippen LogP contribution in [0.1, 0.15) is 32.7 Å². The van der Waals surface area contributed by atoms with E-state index in [0.29, 0.717) is 16.9 Å². The lowest BCUT2D eigenvalue weighted by molar-refractivity contribution is 0.0955. The molecule has 5 aromatic rings. The van der Waals surface area contributed by atoms with E-state index in [9.17, 15) is 10.1 Å². The van der Waals surface area contributed by atoms with Gasteiger partial charge in [0.25, 0.3) is 5.91 Å². The lowest BCUT2D eigenvalue weighted by atomic mass is 10.1. The van der Waals surface area contributed by atoms with Gasteiger partial charge in [-0.3, -0.25) is 4.79 Å². The van der Waals surface area contributed by atoms with Gasteiger partial charge in [-0.1, -0.05) is 48.5 Å². The first kappa shape index (κ1) is 28.6. The Kier molecular flexibility index (Phi) is 9.16. The molecule has 1 amide bonds. The SMILES string of the molecule is Cc1ccc(-c2ccccc2)n1-c1ccc(C(=O)N/N=C/c2cc(I)cc(I)c2OCc2ccccc2C#N)cc1. The van der Waals surface area contributed by atoms with E-state index >= 15 is 0 Å². The Balaban J connectivity index is 1.30. The van der Waals surface area contributed by atoms with Gasteiger partial charge < -0.3 is 9.30 Å². The molecule has 1 heterocycles. The van der Waals surface area contributed by atoms with Crippen molar-refractivity contribution in [3.05, 3.63) is 138 Å². The smallest absolute Gasteiger partial charge is 0.271 e. The molecule has 0 aliphatic rings. The molecule has 0 atom stereocenters. The number of aryl methyl sites for hydroxylation is 1. The van der Waals surface area contributed by atoms with Gasteiger partial charge in [-0.2, -0.15) is 10.4 Å². The van der Waals surface area contributed by atoms with Gasteiger partial charge in [-0.15, -0.1) is 0 Å². The third-order valence-corrected chi connectivity index (χ3v) is 7.87. The maximum Gasteiger partial charge on any atom is 0.271 e. The van der Waals surface area contributed by atoms with E-state index in [4.69, 9.17) is 4.74 Å². The van der Waals surface area contributed by atoms with E-state index in [-0.39, 0.29) is 12.5 Å². The number of carbonyl (C=O) groups excluding carboxylic acids is 1. The van der Waals surface area contributed by atoms with Crippen LogP contribution in [-0.2, 0) is 6.61 Å². The zero-order valence-electron chi connectivity index (χ0n) is 22.0. The number of hydrazone groups is 1. The maximum atomic E-state index is 12.9. The first-order valence-corrected chi connectivity index (χ1v) is 14.9. The quantitative estimate of drug-likeness (QED) is 0.0994. The summed E-state index contributed by atoms with van der Waals surface area (Å²) in [7, 11) is 0. The predicted molar refractivity (Wildman–Crippen MR) is 178 cm³/mol. The van der Waals surface area contributed by atoms with Gasteiger partial charge in [0.05, 0.1) is 27.1 Å². The molecule has 0 aliphatic heterocycles. The van der Waals surface area contributed by atoms with Crippen molar-refractivity contribution in [2.75, 3.05) is 0 Å². The second-order valence-electron chi connectivity index (χ2n) is 9.17. The molecule has 1 N–H and O–H groups in total. The number of hydrogen-bond acceptors (Lipinski definition) is 4. The molecule has 1 aromatic heterocycles. The number of nitrogens with zero attached hydrogens (tertiary/aromatic N) is 3. The van der Waals surface area contributed by atoms with Crippen molar-refractivity contribution in [1.82, 2.24) is 9.99 Å². The number of nitrogens with one attached hydrogen (secondary N) is 1. The largest absolute Gasteiger partial charge is 0.487 e. The Morgan fingerprint density at radius 3 is 2.46 bits per heavy atom. The van der Waals surface area contributed by atoms with Gasteiger partial charge in [-0.05, 0) is 112 Å². The molecular weight excluding hydrogens is 738 g/mol. The molecule has 0 bridgehead atoms. The average molecular weight is 762 g/mol. The van der Waals surface area contributed by atoms with Crippen molar-refractivity contribution in [3.8, 4) is 28.8 Å². The minimum absolute atomic E-state index is 0.243. The molecule has 0 aliphatic carbocycles. The maximum absolute atomic E-state index is 12.9. The van der Waals surface area contributed by atoms with Crippen LogP contribution in [0.3, 0.4) is 0 Å². The predicted octanol–water partition coefficient (Wildman–Crippen LogP) is 7.88. The summed E-state index contributed by atoms with van der Waals surface area (Å²) in [6.45, 7) is 2.31. The fraction of sp³-hybridized carbons (Fsp3) is 0.0606. The summed E-state index contributed by atoms with van der Waals surface area (Å²) in [5.41, 5.74) is 9.52. The second-order valence-corrected chi connectivity index (χ2v) is 11.6. The topological polar surface area (TPSA) is 79.4 Å². The summed E-state index contributed by atoms with van der Waals surface area (Å²) in [4.78, 5) is 12.9. The normalized spacial score (nSPS) is 10.9.